The van der Waals surface area contributed by atoms with Gasteiger partial charge in [-0.1, -0.05) is 11.6 Å². The standard InChI is InChI=1S/C16H20ClF3N6O3S/c1-10-12(8-21-23(10)3)30(28,29)25-6-4-24(5-7-25)13(27)9-26-11(2)14(17)15(22-26)16(18,19)20/h8H,4-7,9H2,1-3H3. The third-order valence-corrected chi connectivity index (χ3v) is 7.54. The van der Waals surface area contributed by atoms with Gasteiger partial charge >= 0.3 is 6.18 Å². The van der Waals surface area contributed by atoms with Crippen molar-refractivity contribution in [1.82, 2.24) is 28.8 Å². The van der Waals surface area contributed by atoms with Crippen LogP contribution < -0.4 is 0 Å². The first-order valence-electron chi connectivity index (χ1n) is 8.90. The fourth-order valence-corrected chi connectivity index (χ4v) is 4.99. The van der Waals surface area contributed by atoms with Gasteiger partial charge in [-0.3, -0.25) is 14.2 Å². The molecule has 1 aliphatic rings. The predicted octanol–water partition coefficient (Wildman–Crippen LogP) is 1.44. The number of alkyl halides is 3. The van der Waals surface area contributed by atoms with Crippen molar-refractivity contribution < 1.29 is 26.4 Å². The van der Waals surface area contributed by atoms with Gasteiger partial charge in [0.15, 0.2) is 5.69 Å². The Morgan fingerprint density at radius 3 is 2.23 bits per heavy atom. The van der Waals surface area contributed by atoms with Crippen molar-refractivity contribution in [2.24, 2.45) is 7.05 Å². The molecular weight excluding hydrogens is 449 g/mol. The van der Waals surface area contributed by atoms with Crippen molar-refractivity contribution in [3.05, 3.63) is 28.3 Å². The number of piperazine rings is 1. The molecule has 0 spiro atoms. The minimum atomic E-state index is -4.72. The normalized spacial score (nSPS) is 16.3. The topological polar surface area (TPSA) is 93.3 Å². The minimum absolute atomic E-state index is 0.0330. The average molecular weight is 469 g/mol. The quantitative estimate of drug-likeness (QED) is 0.677. The second-order valence-corrected chi connectivity index (χ2v) is 9.19. The highest BCUT2D eigenvalue weighted by molar-refractivity contribution is 7.89. The molecule has 0 aliphatic carbocycles. The van der Waals surface area contributed by atoms with Crippen molar-refractivity contribution >= 4 is 27.5 Å². The number of aryl methyl sites for hydroxylation is 1. The molecule has 1 fully saturated rings. The molecule has 9 nitrogen and oxygen atoms in total. The van der Waals surface area contributed by atoms with Gasteiger partial charge < -0.3 is 4.90 Å². The van der Waals surface area contributed by atoms with Crippen LogP contribution >= 0.6 is 11.6 Å². The van der Waals surface area contributed by atoms with Crippen LogP contribution in [0.15, 0.2) is 11.1 Å². The third kappa shape index (κ3) is 4.05. The third-order valence-electron chi connectivity index (χ3n) is 5.09. The maximum absolute atomic E-state index is 12.9. The van der Waals surface area contributed by atoms with Crippen molar-refractivity contribution in [1.29, 1.82) is 0 Å². The zero-order chi connectivity index (χ0) is 22.4. The summed E-state index contributed by atoms with van der Waals surface area (Å²) in [7, 11) is -2.12. The van der Waals surface area contributed by atoms with Gasteiger partial charge in [0.05, 0.1) is 22.6 Å². The van der Waals surface area contributed by atoms with Crippen molar-refractivity contribution in [2.75, 3.05) is 26.2 Å². The Hall–Kier alpha value is -2.12. The number of aromatic nitrogens is 4. The van der Waals surface area contributed by atoms with Gasteiger partial charge in [-0.15, -0.1) is 0 Å². The maximum Gasteiger partial charge on any atom is 0.436 e. The SMILES string of the molecule is Cc1c(S(=O)(=O)N2CCN(C(=O)Cn3nc(C(F)(F)F)c(Cl)c3C)CC2)cnn1C. The molecule has 0 atom stereocenters. The molecule has 14 heteroatoms. The van der Waals surface area contributed by atoms with Crippen molar-refractivity contribution in [3.8, 4) is 0 Å². The number of hydrogen-bond acceptors (Lipinski definition) is 5. The van der Waals surface area contributed by atoms with Gasteiger partial charge in [-0.25, -0.2) is 8.42 Å². The van der Waals surface area contributed by atoms with E-state index in [9.17, 15) is 26.4 Å². The van der Waals surface area contributed by atoms with Gasteiger partial charge in [0.2, 0.25) is 15.9 Å². The summed E-state index contributed by atoms with van der Waals surface area (Å²) in [6, 6.07) is 0. The number of hydrogen-bond donors (Lipinski definition) is 0. The molecule has 0 unspecified atom stereocenters. The lowest BCUT2D eigenvalue weighted by atomic mass is 10.3. The van der Waals surface area contributed by atoms with Crippen LogP contribution in [-0.2, 0) is 34.6 Å². The van der Waals surface area contributed by atoms with E-state index in [1.807, 2.05) is 0 Å². The molecule has 0 aromatic carbocycles. The number of sulfonamides is 1. The van der Waals surface area contributed by atoms with E-state index < -0.39 is 39.4 Å². The predicted molar refractivity (Wildman–Crippen MR) is 100 cm³/mol. The lowest BCUT2D eigenvalue weighted by Crippen LogP contribution is -2.51. The highest BCUT2D eigenvalue weighted by atomic mass is 35.5. The van der Waals surface area contributed by atoms with Crippen molar-refractivity contribution in [2.45, 2.75) is 31.5 Å². The molecule has 2 aromatic heterocycles. The second-order valence-electron chi connectivity index (χ2n) is 6.91. The Morgan fingerprint density at radius 1 is 1.17 bits per heavy atom. The minimum Gasteiger partial charge on any atom is -0.338 e. The summed E-state index contributed by atoms with van der Waals surface area (Å²) in [5.74, 6) is -0.472. The highest BCUT2D eigenvalue weighted by Crippen LogP contribution is 2.35. The van der Waals surface area contributed by atoms with Gasteiger partial charge in [0.1, 0.15) is 11.4 Å². The molecule has 0 saturated carbocycles. The molecule has 1 saturated heterocycles. The first kappa shape index (κ1) is 22.6. The van der Waals surface area contributed by atoms with Crippen LogP contribution in [0.1, 0.15) is 17.1 Å². The summed E-state index contributed by atoms with van der Waals surface area (Å²) in [6.07, 6.45) is -3.44. The van der Waals surface area contributed by atoms with Crippen LogP contribution in [0.5, 0.6) is 0 Å². The van der Waals surface area contributed by atoms with E-state index in [4.69, 9.17) is 11.6 Å². The van der Waals surface area contributed by atoms with Gasteiger partial charge in [0, 0.05) is 33.2 Å². The van der Waals surface area contributed by atoms with E-state index in [1.165, 1.54) is 27.0 Å². The Morgan fingerprint density at radius 2 is 1.77 bits per heavy atom. The second kappa shape index (κ2) is 7.85. The van der Waals surface area contributed by atoms with Crippen LogP contribution in [0.25, 0.3) is 0 Å². The Balaban J connectivity index is 1.67. The average Bonchev–Trinajstić information content (AvgIpc) is 3.16. The van der Waals surface area contributed by atoms with E-state index in [2.05, 4.69) is 10.2 Å². The number of amides is 1. The summed E-state index contributed by atoms with van der Waals surface area (Å²) < 4.78 is 68.0. The number of carbonyl (C=O) groups is 1. The van der Waals surface area contributed by atoms with E-state index in [0.717, 1.165) is 4.68 Å². The molecule has 2 aromatic rings. The molecule has 1 aliphatic heterocycles. The van der Waals surface area contributed by atoms with E-state index in [1.54, 1.807) is 14.0 Å². The van der Waals surface area contributed by atoms with Gasteiger partial charge in [-0.05, 0) is 13.8 Å². The summed E-state index contributed by atoms with van der Waals surface area (Å²) in [5, 5.41) is 6.82. The first-order chi connectivity index (χ1) is 13.8. The Bertz CT molecular complexity index is 1070. The Kier molecular flexibility index (Phi) is 5.91. The van der Waals surface area contributed by atoms with E-state index in [-0.39, 0.29) is 36.8 Å². The van der Waals surface area contributed by atoms with Gasteiger partial charge in [0.25, 0.3) is 0 Å². The monoisotopic (exact) mass is 468 g/mol. The first-order valence-corrected chi connectivity index (χ1v) is 10.7. The van der Waals surface area contributed by atoms with Gasteiger partial charge in [-0.2, -0.15) is 27.7 Å². The number of carbonyl (C=O) groups excluding carboxylic acids is 1. The molecule has 1 amide bonds. The van der Waals surface area contributed by atoms with Crippen LogP contribution in [0.3, 0.4) is 0 Å². The van der Waals surface area contributed by atoms with Crippen molar-refractivity contribution in [3.63, 3.8) is 0 Å². The molecule has 3 heterocycles. The fourth-order valence-electron chi connectivity index (χ4n) is 3.14. The molecule has 30 heavy (non-hydrogen) atoms. The van der Waals surface area contributed by atoms with Crippen LogP contribution in [-0.4, -0.2) is 69.3 Å². The molecule has 0 bridgehead atoms. The fraction of sp³-hybridized carbons (Fsp3) is 0.562. The summed E-state index contributed by atoms with van der Waals surface area (Å²) in [6.45, 7) is 2.92. The van der Waals surface area contributed by atoms with Crippen LogP contribution in [0.4, 0.5) is 13.2 Å². The van der Waals surface area contributed by atoms with Crippen LogP contribution in [0.2, 0.25) is 5.02 Å². The maximum atomic E-state index is 12.9. The highest BCUT2D eigenvalue weighted by Gasteiger charge is 2.39. The van der Waals surface area contributed by atoms with E-state index in [0.29, 0.717) is 5.69 Å². The zero-order valence-electron chi connectivity index (χ0n) is 16.4. The summed E-state index contributed by atoms with van der Waals surface area (Å²) >= 11 is 5.70. The zero-order valence-corrected chi connectivity index (χ0v) is 18.0. The molecule has 3 rings (SSSR count). The molecule has 0 N–H and O–H groups in total. The summed E-state index contributed by atoms with van der Waals surface area (Å²) in [5.41, 5.74) is -0.706. The van der Waals surface area contributed by atoms with Crippen LogP contribution in [0, 0.1) is 13.8 Å². The molecular formula is C16H20ClF3N6O3S. The lowest BCUT2D eigenvalue weighted by Gasteiger charge is -2.34. The van der Waals surface area contributed by atoms with E-state index >= 15 is 0 Å². The molecule has 166 valence electrons. The number of halogens is 4. The Labute approximate surface area is 176 Å². The smallest absolute Gasteiger partial charge is 0.338 e. The number of rotatable bonds is 4. The summed E-state index contributed by atoms with van der Waals surface area (Å²) in [4.78, 5) is 14.0. The molecule has 0 radical (unpaired) electrons. The largest absolute Gasteiger partial charge is 0.436 e. The number of nitrogens with zero attached hydrogens (tertiary/aromatic N) is 6. The lowest BCUT2D eigenvalue weighted by molar-refractivity contribution is -0.142.